The minimum atomic E-state index is 0.312. The van der Waals surface area contributed by atoms with Crippen molar-refractivity contribution in [2.24, 2.45) is 11.8 Å². The topological polar surface area (TPSA) is 23.5 Å². The second-order valence-corrected chi connectivity index (χ2v) is 5.79. The zero-order valence-corrected chi connectivity index (χ0v) is 11.4. The van der Waals surface area contributed by atoms with Gasteiger partial charge in [-0.05, 0) is 45.5 Å². The Morgan fingerprint density at radius 3 is 2.50 bits per heavy atom. The van der Waals surface area contributed by atoms with Gasteiger partial charge in [0.1, 0.15) is 5.75 Å². The highest BCUT2D eigenvalue weighted by atomic mass is 79.9. The molecular weight excluding hydrogens is 266 g/mol. The first-order chi connectivity index (χ1) is 7.56. The van der Waals surface area contributed by atoms with Crippen molar-refractivity contribution < 1.29 is 5.11 Å². The van der Waals surface area contributed by atoms with Crippen molar-refractivity contribution in [3.05, 3.63) is 28.2 Å². The lowest BCUT2D eigenvalue weighted by molar-refractivity contribution is 0.316. The van der Waals surface area contributed by atoms with Crippen molar-refractivity contribution in [3.8, 4) is 5.75 Å². The lowest BCUT2D eigenvalue weighted by atomic mass is 10.0. The van der Waals surface area contributed by atoms with Gasteiger partial charge in [0.2, 0.25) is 0 Å². The summed E-state index contributed by atoms with van der Waals surface area (Å²) in [7, 11) is 0. The second kappa shape index (κ2) is 4.76. The van der Waals surface area contributed by atoms with Gasteiger partial charge in [0.15, 0.2) is 0 Å². The third-order valence-corrected chi connectivity index (χ3v) is 4.12. The number of benzene rings is 1. The molecule has 0 radical (unpaired) electrons. The van der Waals surface area contributed by atoms with Gasteiger partial charge in [0.25, 0.3) is 0 Å². The van der Waals surface area contributed by atoms with E-state index in [0.717, 1.165) is 22.9 Å². The van der Waals surface area contributed by atoms with E-state index in [4.69, 9.17) is 0 Å². The fourth-order valence-corrected chi connectivity index (χ4v) is 2.71. The summed E-state index contributed by atoms with van der Waals surface area (Å²) in [5, 5.41) is 9.43. The molecule has 1 aromatic carbocycles. The standard InChI is InChI=1S/C13H18BrNO/c1-9-6-15(7-10(9)2)8-11-3-4-13(16)12(14)5-11/h3-5,9-10,16H,6-8H2,1-2H3. The van der Waals surface area contributed by atoms with Gasteiger partial charge < -0.3 is 5.11 Å². The van der Waals surface area contributed by atoms with Crippen LogP contribution < -0.4 is 0 Å². The quantitative estimate of drug-likeness (QED) is 0.901. The molecule has 0 spiro atoms. The van der Waals surface area contributed by atoms with Crippen LogP contribution in [0.5, 0.6) is 5.75 Å². The molecule has 88 valence electrons. The van der Waals surface area contributed by atoms with Crippen LogP contribution in [0.2, 0.25) is 0 Å². The first-order valence-electron chi connectivity index (χ1n) is 5.76. The number of hydrogen-bond donors (Lipinski definition) is 1. The van der Waals surface area contributed by atoms with Gasteiger partial charge in [0.05, 0.1) is 4.47 Å². The maximum absolute atomic E-state index is 9.43. The average molecular weight is 284 g/mol. The van der Waals surface area contributed by atoms with E-state index >= 15 is 0 Å². The molecule has 1 saturated heterocycles. The Kier molecular flexibility index (Phi) is 3.55. The van der Waals surface area contributed by atoms with E-state index in [1.54, 1.807) is 6.07 Å². The lowest BCUT2D eigenvalue weighted by Gasteiger charge is -2.15. The van der Waals surface area contributed by atoms with Crippen LogP contribution in [0, 0.1) is 11.8 Å². The van der Waals surface area contributed by atoms with Gasteiger partial charge in [-0.25, -0.2) is 0 Å². The summed E-state index contributed by atoms with van der Waals surface area (Å²) in [5.74, 6) is 1.90. The fraction of sp³-hybridized carbons (Fsp3) is 0.538. The molecule has 2 nitrogen and oxygen atoms in total. The van der Waals surface area contributed by atoms with E-state index in [1.807, 2.05) is 12.1 Å². The Morgan fingerprint density at radius 2 is 1.94 bits per heavy atom. The Labute approximate surface area is 105 Å². The number of likely N-dealkylation sites (tertiary alicyclic amines) is 1. The molecule has 1 aliphatic heterocycles. The third kappa shape index (κ3) is 2.58. The van der Waals surface area contributed by atoms with Gasteiger partial charge in [-0.2, -0.15) is 0 Å². The van der Waals surface area contributed by atoms with Crippen LogP contribution in [0.1, 0.15) is 19.4 Å². The summed E-state index contributed by atoms with van der Waals surface area (Å²) in [5.41, 5.74) is 1.26. The smallest absolute Gasteiger partial charge is 0.129 e. The monoisotopic (exact) mass is 283 g/mol. The van der Waals surface area contributed by atoms with Crippen LogP contribution in [-0.4, -0.2) is 23.1 Å². The largest absolute Gasteiger partial charge is 0.507 e. The van der Waals surface area contributed by atoms with Crippen LogP contribution in [0.15, 0.2) is 22.7 Å². The number of halogens is 1. The van der Waals surface area contributed by atoms with Crippen molar-refractivity contribution in [2.45, 2.75) is 20.4 Å². The molecule has 3 heteroatoms. The van der Waals surface area contributed by atoms with Crippen LogP contribution in [0.4, 0.5) is 0 Å². The summed E-state index contributed by atoms with van der Waals surface area (Å²) in [6.45, 7) is 7.97. The summed E-state index contributed by atoms with van der Waals surface area (Å²) in [6.07, 6.45) is 0. The number of phenols is 1. The summed E-state index contributed by atoms with van der Waals surface area (Å²) < 4.78 is 0.783. The van der Waals surface area contributed by atoms with Crippen molar-refractivity contribution in [3.63, 3.8) is 0 Å². The zero-order valence-electron chi connectivity index (χ0n) is 9.78. The molecule has 0 saturated carbocycles. The predicted molar refractivity (Wildman–Crippen MR) is 69.4 cm³/mol. The SMILES string of the molecule is CC1CN(Cc2ccc(O)c(Br)c2)CC1C. The number of phenolic OH excluding ortho intramolecular Hbond substituents is 1. The van der Waals surface area contributed by atoms with Crippen molar-refractivity contribution >= 4 is 15.9 Å². The van der Waals surface area contributed by atoms with Crippen LogP contribution in [0.25, 0.3) is 0 Å². The molecule has 1 aromatic rings. The molecule has 1 fully saturated rings. The molecule has 0 aromatic heterocycles. The van der Waals surface area contributed by atoms with Crippen molar-refractivity contribution in [2.75, 3.05) is 13.1 Å². The highest BCUT2D eigenvalue weighted by Crippen LogP contribution is 2.27. The predicted octanol–water partition coefficient (Wildman–Crippen LogP) is 3.24. The van der Waals surface area contributed by atoms with Gasteiger partial charge in [-0.1, -0.05) is 19.9 Å². The minimum Gasteiger partial charge on any atom is -0.507 e. The van der Waals surface area contributed by atoms with E-state index in [-0.39, 0.29) is 0 Å². The molecule has 0 aliphatic carbocycles. The second-order valence-electron chi connectivity index (χ2n) is 4.93. The molecule has 1 N–H and O–H groups in total. The molecule has 2 atom stereocenters. The third-order valence-electron chi connectivity index (χ3n) is 3.48. The molecule has 16 heavy (non-hydrogen) atoms. The molecule has 2 rings (SSSR count). The maximum atomic E-state index is 9.43. The lowest BCUT2D eigenvalue weighted by Crippen LogP contribution is -2.19. The van der Waals surface area contributed by atoms with Gasteiger partial charge in [-0.3, -0.25) is 4.90 Å². The average Bonchev–Trinajstić information content (AvgIpc) is 2.52. The van der Waals surface area contributed by atoms with Gasteiger partial charge in [0, 0.05) is 19.6 Å². The molecule has 1 aliphatic rings. The van der Waals surface area contributed by atoms with Gasteiger partial charge in [-0.15, -0.1) is 0 Å². The number of nitrogens with zero attached hydrogens (tertiary/aromatic N) is 1. The Morgan fingerprint density at radius 1 is 1.31 bits per heavy atom. The summed E-state index contributed by atoms with van der Waals surface area (Å²) >= 11 is 3.35. The molecule has 2 unspecified atom stereocenters. The highest BCUT2D eigenvalue weighted by Gasteiger charge is 2.25. The molecular formula is C13H18BrNO. The number of rotatable bonds is 2. The van der Waals surface area contributed by atoms with Crippen LogP contribution in [0.3, 0.4) is 0 Å². The maximum Gasteiger partial charge on any atom is 0.129 e. The van der Waals surface area contributed by atoms with Crippen LogP contribution in [-0.2, 0) is 6.54 Å². The van der Waals surface area contributed by atoms with Crippen LogP contribution >= 0.6 is 15.9 Å². The number of hydrogen-bond acceptors (Lipinski definition) is 2. The van der Waals surface area contributed by atoms with E-state index < -0.39 is 0 Å². The summed E-state index contributed by atoms with van der Waals surface area (Å²) in [6, 6.07) is 5.75. The first kappa shape index (κ1) is 11.9. The molecule has 1 heterocycles. The number of aromatic hydroxyl groups is 1. The van der Waals surface area contributed by atoms with E-state index in [1.165, 1.54) is 18.7 Å². The zero-order chi connectivity index (χ0) is 11.7. The normalized spacial score (nSPS) is 26.2. The Balaban J connectivity index is 2.02. The van der Waals surface area contributed by atoms with Crippen molar-refractivity contribution in [1.29, 1.82) is 0 Å². The Bertz CT molecular complexity index is 370. The van der Waals surface area contributed by atoms with E-state index in [0.29, 0.717) is 5.75 Å². The molecule has 0 amide bonds. The minimum absolute atomic E-state index is 0.312. The fourth-order valence-electron chi connectivity index (χ4n) is 2.29. The highest BCUT2D eigenvalue weighted by molar-refractivity contribution is 9.10. The Hall–Kier alpha value is -0.540. The van der Waals surface area contributed by atoms with Gasteiger partial charge >= 0.3 is 0 Å². The van der Waals surface area contributed by atoms with Crippen molar-refractivity contribution in [1.82, 2.24) is 4.90 Å². The van der Waals surface area contributed by atoms with E-state index in [2.05, 4.69) is 34.7 Å². The van der Waals surface area contributed by atoms with E-state index in [9.17, 15) is 5.11 Å². The summed E-state index contributed by atoms with van der Waals surface area (Å²) in [4.78, 5) is 2.48. The molecule has 0 bridgehead atoms. The first-order valence-corrected chi connectivity index (χ1v) is 6.55.